The van der Waals surface area contributed by atoms with Crippen LogP contribution in [-0.4, -0.2) is 6.61 Å². The Morgan fingerprint density at radius 3 is 2.95 bits per heavy atom. The first kappa shape index (κ1) is 12.5. The van der Waals surface area contributed by atoms with Crippen molar-refractivity contribution in [2.75, 3.05) is 6.61 Å². The van der Waals surface area contributed by atoms with E-state index in [1.165, 1.54) is 6.07 Å². The topological polar surface area (TPSA) is 35.2 Å². The van der Waals surface area contributed by atoms with Crippen molar-refractivity contribution in [3.8, 4) is 5.75 Å². The molecule has 0 fully saturated rings. The third kappa shape index (κ3) is 2.20. The standard InChI is InChI=1S/C15H13ClFNO/c16-14-11(2-1-3-12(14)17)15(18)10-4-5-13-9(8-10)6-7-19-13/h1-5,8,15H,6-7,18H2. The van der Waals surface area contributed by atoms with Gasteiger partial charge in [0.15, 0.2) is 0 Å². The number of hydrogen-bond donors (Lipinski definition) is 1. The van der Waals surface area contributed by atoms with Gasteiger partial charge >= 0.3 is 0 Å². The van der Waals surface area contributed by atoms with Gasteiger partial charge in [-0.25, -0.2) is 4.39 Å². The Bertz CT molecular complexity index is 630. The molecule has 2 aromatic carbocycles. The molecule has 0 bridgehead atoms. The molecule has 0 amide bonds. The molecule has 3 rings (SSSR count). The van der Waals surface area contributed by atoms with Crippen molar-refractivity contribution in [1.82, 2.24) is 0 Å². The lowest BCUT2D eigenvalue weighted by atomic mass is 9.97. The molecule has 0 saturated carbocycles. The van der Waals surface area contributed by atoms with Gasteiger partial charge in [-0.1, -0.05) is 35.9 Å². The molecule has 1 heterocycles. The number of nitrogens with two attached hydrogens (primary N) is 1. The lowest BCUT2D eigenvalue weighted by molar-refractivity contribution is 0.357. The van der Waals surface area contributed by atoms with Gasteiger partial charge in [0, 0.05) is 6.42 Å². The Balaban J connectivity index is 2.00. The Kier molecular flexibility index (Phi) is 3.17. The Hall–Kier alpha value is -1.58. The minimum atomic E-state index is -0.445. The third-order valence-electron chi connectivity index (χ3n) is 3.39. The second kappa shape index (κ2) is 4.83. The highest BCUT2D eigenvalue weighted by Crippen LogP contribution is 2.32. The molecule has 2 N–H and O–H groups in total. The van der Waals surface area contributed by atoms with Crippen LogP contribution in [0, 0.1) is 5.82 Å². The molecule has 0 aromatic heterocycles. The molecule has 0 saturated heterocycles. The Morgan fingerprint density at radius 1 is 1.26 bits per heavy atom. The van der Waals surface area contributed by atoms with E-state index < -0.39 is 11.9 Å². The van der Waals surface area contributed by atoms with E-state index in [0.717, 1.165) is 23.3 Å². The zero-order chi connectivity index (χ0) is 13.4. The van der Waals surface area contributed by atoms with Crippen molar-refractivity contribution >= 4 is 11.6 Å². The minimum Gasteiger partial charge on any atom is -0.493 e. The van der Waals surface area contributed by atoms with Gasteiger partial charge in [-0.2, -0.15) is 0 Å². The highest BCUT2D eigenvalue weighted by molar-refractivity contribution is 6.31. The largest absolute Gasteiger partial charge is 0.493 e. The number of benzene rings is 2. The highest BCUT2D eigenvalue weighted by Gasteiger charge is 2.18. The van der Waals surface area contributed by atoms with E-state index in [1.807, 2.05) is 18.2 Å². The quantitative estimate of drug-likeness (QED) is 0.912. The van der Waals surface area contributed by atoms with Crippen LogP contribution >= 0.6 is 11.6 Å². The van der Waals surface area contributed by atoms with E-state index >= 15 is 0 Å². The summed E-state index contributed by atoms with van der Waals surface area (Å²) in [5.74, 6) is 0.459. The maximum Gasteiger partial charge on any atom is 0.142 e. The van der Waals surface area contributed by atoms with Crippen LogP contribution in [0.4, 0.5) is 4.39 Å². The van der Waals surface area contributed by atoms with E-state index in [1.54, 1.807) is 12.1 Å². The van der Waals surface area contributed by atoms with Crippen LogP contribution in [0.5, 0.6) is 5.75 Å². The molecule has 1 aliphatic heterocycles. The molecule has 1 atom stereocenters. The maximum absolute atomic E-state index is 13.5. The number of fused-ring (bicyclic) bond motifs is 1. The molecule has 2 nitrogen and oxygen atoms in total. The molecular weight excluding hydrogens is 265 g/mol. The second-order valence-electron chi connectivity index (χ2n) is 4.59. The fraction of sp³-hybridized carbons (Fsp3) is 0.200. The fourth-order valence-electron chi connectivity index (χ4n) is 2.34. The average Bonchev–Trinajstić information content (AvgIpc) is 2.88. The summed E-state index contributed by atoms with van der Waals surface area (Å²) in [7, 11) is 0. The number of rotatable bonds is 2. The smallest absolute Gasteiger partial charge is 0.142 e. The lowest BCUT2D eigenvalue weighted by Crippen LogP contribution is -2.13. The minimum absolute atomic E-state index is 0.0896. The SMILES string of the molecule is NC(c1ccc2c(c1)CCO2)c1cccc(F)c1Cl. The van der Waals surface area contributed by atoms with Crippen molar-refractivity contribution < 1.29 is 9.13 Å². The summed E-state index contributed by atoms with van der Waals surface area (Å²) in [6, 6.07) is 10.1. The average molecular weight is 278 g/mol. The van der Waals surface area contributed by atoms with Gasteiger partial charge in [0.2, 0.25) is 0 Å². The monoisotopic (exact) mass is 277 g/mol. The van der Waals surface area contributed by atoms with E-state index in [-0.39, 0.29) is 5.02 Å². The summed E-state index contributed by atoms with van der Waals surface area (Å²) >= 11 is 5.98. The van der Waals surface area contributed by atoms with Gasteiger partial charge in [0.1, 0.15) is 11.6 Å². The number of halogens is 2. The molecule has 1 unspecified atom stereocenters. The van der Waals surface area contributed by atoms with Gasteiger partial charge in [0.25, 0.3) is 0 Å². The molecule has 19 heavy (non-hydrogen) atoms. The zero-order valence-corrected chi connectivity index (χ0v) is 11.0. The molecule has 0 radical (unpaired) electrons. The molecule has 0 aliphatic carbocycles. The van der Waals surface area contributed by atoms with Crippen LogP contribution in [-0.2, 0) is 6.42 Å². The van der Waals surface area contributed by atoms with Crippen molar-refractivity contribution in [3.63, 3.8) is 0 Å². The lowest BCUT2D eigenvalue weighted by Gasteiger charge is -2.15. The third-order valence-corrected chi connectivity index (χ3v) is 3.79. The number of ether oxygens (including phenoxy) is 1. The van der Waals surface area contributed by atoms with Crippen molar-refractivity contribution in [1.29, 1.82) is 0 Å². The summed E-state index contributed by atoms with van der Waals surface area (Å²) in [6.45, 7) is 0.703. The summed E-state index contributed by atoms with van der Waals surface area (Å²) in [5, 5.41) is 0.0896. The van der Waals surface area contributed by atoms with Gasteiger partial charge < -0.3 is 10.5 Å². The van der Waals surface area contributed by atoms with Crippen LogP contribution in [0.3, 0.4) is 0 Å². The number of hydrogen-bond acceptors (Lipinski definition) is 2. The van der Waals surface area contributed by atoms with Crippen LogP contribution in [0.15, 0.2) is 36.4 Å². The summed E-state index contributed by atoms with van der Waals surface area (Å²) in [6.07, 6.45) is 0.882. The van der Waals surface area contributed by atoms with Crippen LogP contribution in [0.1, 0.15) is 22.7 Å². The van der Waals surface area contributed by atoms with Crippen molar-refractivity contribution in [2.24, 2.45) is 5.73 Å². The Labute approximate surface area is 115 Å². The van der Waals surface area contributed by atoms with Crippen LogP contribution < -0.4 is 10.5 Å². The predicted molar refractivity (Wildman–Crippen MR) is 73.1 cm³/mol. The van der Waals surface area contributed by atoms with E-state index in [4.69, 9.17) is 22.1 Å². The zero-order valence-electron chi connectivity index (χ0n) is 10.2. The molecule has 98 valence electrons. The van der Waals surface area contributed by atoms with Crippen LogP contribution in [0.2, 0.25) is 5.02 Å². The van der Waals surface area contributed by atoms with Crippen molar-refractivity contribution in [3.05, 3.63) is 63.9 Å². The first-order chi connectivity index (χ1) is 9.16. The van der Waals surface area contributed by atoms with Gasteiger partial charge in [-0.05, 0) is 28.8 Å². The summed E-state index contributed by atoms with van der Waals surface area (Å²) < 4.78 is 18.9. The fourth-order valence-corrected chi connectivity index (χ4v) is 2.58. The molecule has 4 heteroatoms. The van der Waals surface area contributed by atoms with E-state index in [0.29, 0.717) is 12.2 Å². The Morgan fingerprint density at radius 2 is 2.11 bits per heavy atom. The molecule has 0 spiro atoms. The first-order valence-corrected chi connectivity index (χ1v) is 6.50. The van der Waals surface area contributed by atoms with Crippen molar-refractivity contribution in [2.45, 2.75) is 12.5 Å². The van der Waals surface area contributed by atoms with Gasteiger partial charge in [0.05, 0.1) is 17.7 Å². The predicted octanol–water partition coefficient (Wildman–Crippen LogP) is 3.46. The van der Waals surface area contributed by atoms with E-state index in [9.17, 15) is 4.39 Å². The normalized spacial score (nSPS) is 14.9. The molecule has 2 aromatic rings. The van der Waals surface area contributed by atoms with Gasteiger partial charge in [-0.3, -0.25) is 0 Å². The highest BCUT2D eigenvalue weighted by atomic mass is 35.5. The molecular formula is C15H13ClFNO. The van der Waals surface area contributed by atoms with Gasteiger partial charge in [-0.15, -0.1) is 0 Å². The summed E-state index contributed by atoms with van der Waals surface area (Å²) in [5.41, 5.74) is 8.84. The first-order valence-electron chi connectivity index (χ1n) is 6.12. The van der Waals surface area contributed by atoms with E-state index in [2.05, 4.69) is 0 Å². The molecule has 1 aliphatic rings. The maximum atomic E-state index is 13.5. The second-order valence-corrected chi connectivity index (χ2v) is 4.96. The van der Waals surface area contributed by atoms with Crippen LogP contribution in [0.25, 0.3) is 0 Å². The summed E-state index contributed by atoms with van der Waals surface area (Å²) in [4.78, 5) is 0.